The smallest absolute Gasteiger partial charge is 0.269 e. The Morgan fingerprint density at radius 1 is 1.09 bits per heavy atom. The number of thiophene rings is 1. The number of nitrogens with zero attached hydrogens (tertiary/aromatic N) is 4. The number of thioether (sulfide) groups is 1. The van der Waals surface area contributed by atoms with Crippen LogP contribution in [0.15, 0.2) is 41.2 Å². The van der Waals surface area contributed by atoms with E-state index in [9.17, 15) is 9.59 Å². The molecule has 5 rings (SSSR count). The topological polar surface area (TPSA) is 60.1 Å². The Hall–Kier alpha value is -2.53. The normalized spacial score (nSPS) is 16.6. The van der Waals surface area contributed by atoms with E-state index in [0.717, 1.165) is 26.6 Å². The fourth-order valence-corrected chi connectivity index (χ4v) is 7.59. The molecule has 1 saturated heterocycles. The largest absolute Gasteiger partial charge is 0.326 e. The molecule has 1 aliphatic heterocycles. The lowest BCUT2D eigenvalue weighted by atomic mass is 10.2. The molecular formula is C23H20N4O2S4. The molecule has 1 fully saturated rings. The number of rotatable bonds is 4. The maximum atomic E-state index is 13.1. The third-order valence-corrected chi connectivity index (χ3v) is 9.15. The molecule has 0 aliphatic carbocycles. The molecule has 168 valence electrons. The van der Waals surface area contributed by atoms with Crippen LogP contribution in [-0.2, 0) is 18.4 Å². The molecule has 4 heterocycles. The zero-order chi connectivity index (χ0) is 23.3. The van der Waals surface area contributed by atoms with Crippen molar-refractivity contribution in [3.8, 4) is 11.4 Å². The number of carbonyl (C=O) groups is 1. The molecule has 0 unspecified atom stereocenters. The summed E-state index contributed by atoms with van der Waals surface area (Å²) < 4.78 is 5.55. The van der Waals surface area contributed by atoms with Crippen LogP contribution in [0.2, 0.25) is 0 Å². The summed E-state index contributed by atoms with van der Waals surface area (Å²) in [4.78, 5) is 34.8. The Balaban J connectivity index is 1.62. The molecule has 4 aromatic rings. The van der Waals surface area contributed by atoms with E-state index in [4.69, 9.17) is 17.2 Å². The highest BCUT2D eigenvalue weighted by Gasteiger charge is 2.32. The average Bonchev–Trinajstić information content (AvgIpc) is 3.52. The quantitative estimate of drug-likeness (QED) is 0.393. The summed E-state index contributed by atoms with van der Waals surface area (Å²) in [6.07, 6.45) is 1.90. The van der Waals surface area contributed by atoms with Crippen LogP contribution in [0.3, 0.4) is 0 Å². The van der Waals surface area contributed by atoms with Crippen LogP contribution in [0.25, 0.3) is 32.7 Å². The molecule has 33 heavy (non-hydrogen) atoms. The van der Waals surface area contributed by atoms with Gasteiger partial charge in [-0.15, -0.1) is 22.7 Å². The molecule has 10 heteroatoms. The van der Waals surface area contributed by atoms with Gasteiger partial charge in [0.2, 0.25) is 0 Å². The summed E-state index contributed by atoms with van der Waals surface area (Å²) in [6, 6.07) is 12.1. The van der Waals surface area contributed by atoms with E-state index in [0.29, 0.717) is 31.5 Å². The highest BCUT2D eigenvalue weighted by atomic mass is 32.2. The van der Waals surface area contributed by atoms with E-state index in [2.05, 4.69) is 10.6 Å². The van der Waals surface area contributed by atoms with Crippen LogP contribution >= 0.6 is 46.7 Å². The minimum absolute atomic E-state index is 0.0883. The van der Waals surface area contributed by atoms with Crippen molar-refractivity contribution in [1.29, 1.82) is 0 Å². The number of imidazole rings is 1. The predicted molar refractivity (Wildman–Crippen MR) is 142 cm³/mol. The van der Waals surface area contributed by atoms with Gasteiger partial charge in [-0.2, -0.15) is 0 Å². The molecule has 1 aromatic carbocycles. The van der Waals surface area contributed by atoms with Gasteiger partial charge in [-0.1, -0.05) is 54.3 Å². The van der Waals surface area contributed by atoms with Gasteiger partial charge in [0.25, 0.3) is 11.5 Å². The van der Waals surface area contributed by atoms with Crippen LogP contribution in [0.4, 0.5) is 0 Å². The van der Waals surface area contributed by atoms with Crippen molar-refractivity contribution in [3.05, 3.63) is 60.8 Å². The van der Waals surface area contributed by atoms with Crippen LogP contribution in [-0.4, -0.2) is 35.8 Å². The van der Waals surface area contributed by atoms with Gasteiger partial charge in [-0.3, -0.25) is 19.1 Å². The minimum atomic E-state index is -0.123. The van der Waals surface area contributed by atoms with Gasteiger partial charge in [0.1, 0.15) is 24.5 Å². The number of hydrogen-bond acceptors (Lipinski definition) is 7. The van der Waals surface area contributed by atoms with E-state index in [-0.39, 0.29) is 11.5 Å². The summed E-state index contributed by atoms with van der Waals surface area (Å²) in [7, 11) is 2.00. The minimum Gasteiger partial charge on any atom is -0.326 e. The Kier molecular flexibility index (Phi) is 5.86. The van der Waals surface area contributed by atoms with Gasteiger partial charge in [0.05, 0.1) is 10.0 Å². The monoisotopic (exact) mass is 512 g/mol. The summed E-state index contributed by atoms with van der Waals surface area (Å²) in [5, 5.41) is 0. The second-order valence-electron chi connectivity index (χ2n) is 7.41. The van der Waals surface area contributed by atoms with E-state index < -0.39 is 0 Å². The van der Waals surface area contributed by atoms with E-state index >= 15 is 0 Å². The van der Waals surface area contributed by atoms with Crippen molar-refractivity contribution in [2.24, 2.45) is 7.05 Å². The first-order valence-electron chi connectivity index (χ1n) is 10.4. The van der Waals surface area contributed by atoms with Crippen molar-refractivity contribution in [1.82, 2.24) is 19.0 Å². The van der Waals surface area contributed by atoms with Crippen LogP contribution in [0.1, 0.15) is 18.7 Å². The highest BCUT2D eigenvalue weighted by Crippen LogP contribution is 2.31. The molecule has 0 radical (unpaired) electrons. The number of aromatic nitrogens is 3. The van der Waals surface area contributed by atoms with Gasteiger partial charge in [0.15, 0.2) is 0 Å². The van der Waals surface area contributed by atoms with E-state index in [1.807, 2.05) is 57.3 Å². The molecule has 6 nitrogen and oxygen atoms in total. The number of fused-ring (bicyclic) bond motifs is 1. The Bertz CT molecular complexity index is 1590. The van der Waals surface area contributed by atoms with Crippen LogP contribution < -0.4 is 14.8 Å². The second kappa shape index (κ2) is 8.68. The molecule has 0 N–H and O–H groups in total. The summed E-state index contributed by atoms with van der Waals surface area (Å²) in [6.45, 7) is 4.82. The summed E-state index contributed by atoms with van der Waals surface area (Å²) >= 11 is 9.53. The highest BCUT2D eigenvalue weighted by molar-refractivity contribution is 8.30. The number of amides is 1. The first kappa shape index (κ1) is 22.3. The molecule has 3 aromatic heterocycles. The van der Waals surface area contributed by atoms with Gasteiger partial charge in [-0.05, 0) is 26.0 Å². The third kappa shape index (κ3) is 3.71. The zero-order valence-corrected chi connectivity index (χ0v) is 21.5. The van der Waals surface area contributed by atoms with Crippen molar-refractivity contribution < 1.29 is 4.79 Å². The van der Waals surface area contributed by atoms with Gasteiger partial charge < -0.3 is 4.57 Å². The molecule has 0 bridgehead atoms. The Morgan fingerprint density at radius 2 is 1.85 bits per heavy atom. The number of aryl methyl sites for hydroxylation is 1. The van der Waals surface area contributed by atoms with Crippen molar-refractivity contribution in [2.75, 3.05) is 6.54 Å². The molecule has 1 aliphatic rings. The molecule has 1 amide bonds. The fourth-order valence-electron chi connectivity index (χ4n) is 3.82. The molecule has 0 saturated carbocycles. The predicted octanol–water partition coefficient (Wildman–Crippen LogP) is 3.36. The van der Waals surface area contributed by atoms with E-state index in [1.54, 1.807) is 20.8 Å². The molecule has 0 spiro atoms. The standard InChI is InChI=1S/C23H20N4O2S4/c1-4-26-20(28)16(32-22(26)17-21(29)27(5-2)23(30)33-17)12-14-11-15-19(31-14)24-18(25(15)3)13-9-7-6-8-10-13/h6-12H,4-5H2,1-3H3/b16-12+,22-17+. The fraction of sp³-hybridized carbons (Fsp3) is 0.217. The van der Waals surface area contributed by atoms with Crippen molar-refractivity contribution >= 4 is 78.2 Å². The molecular weight excluding hydrogens is 493 g/mol. The van der Waals surface area contributed by atoms with Gasteiger partial charge in [0, 0.05) is 30.6 Å². The summed E-state index contributed by atoms with van der Waals surface area (Å²) in [5.74, 6) is 0.793. The van der Waals surface area contributed by atoms with Gasteiger partial charge >= 0.3 is 0 Å². The number of carbonyl (C=O) groups excluding carboxylic acids is 1. The Morgan fingerprint density at radius 3 is 2.48 bits per heavy atom. The molecule has 0 atom stereocenters. The number of hydrogen-bond donors (Lipinski definition) is 0. The van der Waals surface area contributed by atoms with Crippen molar-refractivity contribution in [3.63, 3.8) is 0 Å². The lowest BCUT2D eigenvalue weighted by molar-refractivity contribution is -0.120. The average molecular weight is 513 g/mol. The number of thiazole rings is 1. The van der Waals surface area contributed by atoms with E-state index in [1.165, 1.54) is 23.1 Å². The Labute approximate surface area is 207 Å². The number of thiocarbonyl (C=S) groups is 1. The van der Waals surface area contributed by atoms with Crippen LogP contribution in [0.5, 0.6) is 0 Å². The van der Waals surface area contributed by atoms with Gasteiger partial charge in [-0.25, -0.2) is 4.98 Å². The second-order valence-corrected chi connectivity index (χ2v) is 11.1. The maximum Gasteiger partial charge on any atom is 0.269 e. The van der Waals surface area contributed by atoms with Crippen molar-refractivity contribution in [2.45, 2.75) is 20.4 Å². The van der Waals surface area contributed by atoms with Crippen LogP contribution in [0, 0.1) is 0 Å². The first-order chi connectivity index (χ1) is 15.9. The SMILES string of the molecule is CCN1C(=O)/C(=c2\s/c(=C/c3cc4c(nc(-c5ccccc5)n4C)s3)c(=O)n2CC)SC1=S. The summed E-state index contributed by atoms with van der Waals surface area (Å²) in [5.41, 5.74) is 2.00. The lowest BCUT2D eigenvalue weighted by Crippen LogP contribution is -2.33. The first-order valence-corrected chi connectivity index (χ1v) is 13.3. The maximum absolute atomic E-state index is 13.1. The zero-order valence-electron chi connectivity index (χ0n) is 18.2. The number of benzene rings is 1. The third-order valence-electron chi connectivity index (χ3n) is 5.49. The lowest BCUT2D eigenvalue weighted by Gasteiger charge is -2.09.